The van der Waals surface area contributed by atoms with Crippen LogP contribution in [0.25, 0.3) is 44.4 Å². The van der Waals surface area contributed by atoms with Gasteiger partial charge in [0.05, 0.1) is 35.0 Å². The molecule has 4 N–H and O–H groups in total. The van der Waals surface area contributed by atoms with Gasteiger partial charge < -0.3 is 29.7 Å². The fraction of sp³-hybridized carbons (Fsp3) is 0.312. The third-order valence-electron chi connectivity index (χ3n) is 8.06. The summed E-state index contributed by atoms with van der Waals surface area (Å²) >= 11 is 0. The van der Waals surface area contributed by atoms with Gasteiger partial charge in [0.2, 0.25) is 0 Å². The molecular formula is C32H34N4O6. The number of hydrogen-bond acceptors (Lipinski definition) is 8. The molecule has 0 spiro atoms. The molecule has 0 aromatic carbocycles. The van der Waals surface area contributed by atoms with E-state index < -0.39 is 12.2 Å². The monoisotopic (exact) mass is 570 g/mol. The second-order valence-corrected chi connectivity index (χ2v) is 10.7. The van der Waals surface area contributed by atoms with Gasteiger partial charge in [-0.15, -0.1) is 0 Å². The molecule has 0 fully saturated rings. The number of H-pyrrole nitrogens is 2. The molecule has 3 aromatic rings. The smallest absolute Gasteiger partial charge is 0.293 e. The van der Waals surface area contributed by atoms with E-state index in [1.807, 2.05) is 45.9 Å². The SMILES string of the molecule is CC1=C(COC=O)c2cc3nc(cc4[nH]c(cc5[nH]c(cc1n2)c(C)c5C(C)O)c(C)c4C(C)O)C(C)=C3COC=O. The molecule has 3 aromatic heterocycles. The lowest BCUT2D eigenvalue weighted by molar-refractivity contribution is -0.128. The van der Waals surface area contributed by atoms with Crippen molar-refractivity contribution in [3.63, 3.8) is 0 Å². The Kier molecular flexibility index (Phi) is 7.85. The van der Waals surface area contributed by atoms with E-state index in [-0.39, 0.29) is 13.2 Å². The van der Waals surface area contributed by atoms with Gasteiger partial charge >= 0.3 is 0 Å². The first-order valence-electron chi connectivity index (χ1n) is 13.7. The van der Waals surface area contributed by atoms with Crippen molar-refractivity contribution in [3.05, 3.63) is 69.3 Å². The fourth-order valence-corrected chi connectivity index (χ4v) is 5.82. The average molecular weight is 571 g/mol. The van der Waals surface area contributed by atoms with Gasteiger partial charge in [-0.3, -0.25) is 9.59 Å². The van der Waals surface area contributed by atoms with Crippen LogP contribution in [0.15, 0.2) is 24.3 Å². The van der Waals surface area contributed by atoms with E-state index in [0.29, 0.717) is 46.8 Å². The first-order valence-corrected chi connectivity index (χ1v) is 13.7. The fourth-order valence-electron chi connectivity index (χ4n) is 5.82. The molecule has 0 saturated carbocycles. The summed E-state index contributed by atoms with van der Waals surface area (Å²) in [6.07, 6.45) is -1.51. The maximum Gasteiger partial charge on any atom is 0.293 e. The molecule has 0 aliphatic carbocycles. The van der Waals surface area contributed by atoms with Gasteiger partial charge in [0, 0.05) is 44.3 Å². The molecule has 2 atom stereocenters. The van der Waals surface area contributed by atoms with Crippen molar-refractivity contribution in [3.8, 4) is 0 Å². The van der Waals surface area contributed by atoms with Crippen LogP contribution in [-0.4, -0.2) is 56.3 Å². The Hall–Kier alpha value is -4.54. The molecule has 10 nitrogen and oxygen atoms in total. The zero-order valence-corrected chi connectivity index (χ0v) is 24.5. The number of carbonyl (C=O) groups excluding carboxylic acids is 2. The summed E-state index contributed by atoms with van der Waals surface area (Å²) < 4.78 is 10.3. The highest BCUT2D eigenvalue weighted by atomic mass is 16.5. The molecule has 5 rings (SSSR count). The van der Waals surface area contributed by atoms with Crippen LogP contribution < -0.4 is 0 Å². The van der Waals surface area contributed by atoms with E-state index >= 15 is 0 Å². The van der Waals surface area contributed by atoms with Crippen LogP contribution in [0.4, 0.5) is 0 Å². The molecule has 2 aliphatic rings. The van der Waals surface area contributed by atoms with Crippen molar-refractivity contribution < 1.29 is 29.3 Å². The molecule has 0 amide bonds. The normalized spacial score (nSPS) is 14.7. The van der Waals surface area contributed by atoms with Crippen molar-refractivity contribution in [1.82, 2.24) is 19.9 Å². The molecular weight excluding hydrogens is 536 g/mol. The van der Waals surface area contributed by atoms with Gasteiger partial charge in [-0.2, -0.15) is 0 Å². The summed E-state index contributed by atoms with van der Waals surface area (Å²) in [5.74, 6) is 0. The van der Waals surface area contributed by atoms with Crippen LogP contribution >= 0.6 is 0 Å². The molecule has 2 unspecified atom stereocenters. The third kappa shape index (κ3) is 5.03. The van der Waals surface area contributed by atoms with E-state index in [2.05, 4.69) is 9.97 Å². The number of hydrogen-bond donors (Lipinski definition) is 4. The van der Waals surface area contributed by atoms with Crippen molar-refractivity contribution in [2.75, 3.05) is 13.2 Å². The number of aryl methyl sites for hydroxylation is 2. The topological polar surface area (TPSA) is 150 Å². The average Bonchev–Trinajstić information content (AvgIpc) is 3.60. The standard InChI is InChI=1S/C32H34N4O6/c1-15-21(11-41-13-37)27-10-28-22(12-42-14-38)16(2)24(34-28)8-29-32(20(6)40)18(4)26(36-29)9-30-31(19(5)39)17(3)25(35-30)7-23(15)33-27/h7-10,13-14,19-20,35-36,39-40H,11-12H2,1-6H3. The van der Waals surface area contributed by atoms with Crippen LogP contribution in [-0.2, 0) is 19.1 Å². The predicted octanol–water partition coefficient (Wildman–Crippen LogP) is 5.25. The Bertz CT molecular complexity index is 1820. The molecule has 0 radical (unpaired) electrons. The number of rotatable bonds is 8. The molecule has 5 heterocycles. The highest BCUT2D eigenvalue weighted by Crippen LogP contribution is 2.36. The number of nitrogens with one attached hydrogen (secondary N) is 2. The maximum absolute atomic E-state index is 11.1. The Labute approximate surface area is 242 Å². The summed E-state index contributed by atoms with van der Waals surface area (Å²) in [6.45, 7) is 12.0. The van der Waals surface area contributed by atoms with Crippen molar-refractivity contribution in [1.29, 1.82) is 0 Å². The molecule has 8 bridgehead atoms. The number of allylic oxidation sites excluding steroid dienone is 2. The Morgan fingerprint density at radius 3 is 1.50 bits per heavy atom. The van der Waals surface area contributed by atoms with Crippen LogP contribution in [0.1, 0.15) is 84.9 Å². The number of aliphatic hydroxyl groups excluding tert-OH is 2. The Morgan fingerprint density at radius 2 is 1.07 bits per heavy atom. The summed E-state index contributed by atoms with van der Waals surface area (Å²) in [5, 5.41) is 21.5. The van der Waals surface area contributed by atoms with E-state index in [9.17, 15) is 19.8 Å². The molecule has 10 heteroatoms. The molecule has 0 saturated heterocycles. The van der Waals surface area contributed by atoms with Gasteiger partial charge in [0.1, 0.15) is 13.2 Å². The summed E-state index contributed by atoms with van der Waals surface area (Å²) in [4.78, 5) is 38.9. The summed E-state index contributed by atoms with van der Waals surface area (Å²) in [7, 11) is 0. The first-order chi connectivity index (χ1) is 20.0. The van der Waals surface area contributed by atoms with Crippen LogP contribution in [0.3, 0.4) is 0 Å². The quantitative estimate of drug-likeness (QED) is 0.268. The number of aromatic amines is 2. The number of aromatic nitrogens is 4. The third-order valence-corrected chi connectivity index (χ3v) is 8.06. The van der Waals surface area contributed by atoms with Crippen LogP contribution in [0, 0.1) is 13.8 Å². The van der Waals surface area contributed by atoms with Gasteiger partial charge in [0.25, 0.3) is 12.9 Å². The van der Waals surface area contributed by atoms with Crippen LogP contribution in [0.2, 0.25) is 0 Å². The van der Waals surface area contributed by atoms with Gasteiger partial charge in [0.15, 0.2) is 0 Å². The Balaban J connectivity index is 1.97. The minimum absolute atomic E-state index is 0.0131. The highest BCUT2D eigenvalue weighted by molar-refractivity contribution is 5.96. The number of fused-ring (bicyclic) bond motifs is 8. The van der Waals surface area contributed by atoms with E-state index in [1.54, 1.807) is 19.9 Å². The zero-order valence-electron chi connectivity index (χ0n) is 24.5. The lowest BCUT2D eigenvalue weighted by Crippen LogP contribution is -1.98. The largest absolute Gasteiger partial charge is 0.463 e. The first kappa shape index (κ1) is 29.0. The molecule has 218 valence electrons. The van der Waals surface area contributed by atoms with E-state index in [1.165, 1.54) is 0 Å². The van der Waals surface area contributed by atoms with Gasteiger partial charge in [-0.1, -0.05) is 0 Å². The minimum atomic E-state index is -0.767. The van der Waals surface area contributed by atoms with E-state index in [4.69, 9.17) is 19.4 Å². The number of carbonyl (C=O) groups is 2. The molecule has 42 heavy (non-hydrogen) atoms. The van der Waals surface area contributed by atoms with Gasteiger partial charge in [-0.05, 0) is 88.1 Å². The molecule has 2 aliphatic heterocycles. The Morgan fingerprint density at radius 1 is 0.667 bits per heavy atom. The lowest BCUT2D eigenvalue weighted by atomic mass is 10.0. The second-order valence-electron chi connectivity index (χ2n) is 10.7. The minimum Gasteiger partial charge on any atom is -0.463 e. The second kappa shape index (κ2) is 11.4. The zero-order chi connectivity index (χ0) is 30.3. The number of aliphatic hydroxyl groups is 2. The number of nitrogens with zero attached hydrogens (tertiary/aromatic N) is 2. The highest BCUT2D eigenvalue weighted by Gasteiger charge is 2.23. The van der Waals surface area contributed by atoms with Crippen molar-refractivity contribution in [2.45, 2.75) is 53.8 Å². The van der Waals surface area contributed by atoms with Crippen LogP contribution in [0.5, 0.6) is 0 Å². The maximum atomic E-state index is 11.1. The predicted molar refractivity (Wildman–Crippen MR) is 161 cm³/mol. The van der Waals surface area contributed by atoms with Gasteiger partial charge in [-0.25, -0.2) is 9.97 Å². The summed E-state index contributed by atoms with van der Waals surface area (Å²) in [5.41, 5.74) is 11.7. The lowest BCUT2D eigenvalue weighted by Gasteiger charge is -2.05. The number of ether oxygens (including phenoxy) is 2. The van der Waals surface area contributed by atoms with E-state index in [0.717, 1.165) is 55.5 Å². The van der Waals surface area contributed by atoms with Crippen molar-refractivity contribution in [2.24, 2.45) is 0 Å². The van der Waals surface area contributed by atoms with Crippen molar-refractivity contribution >= 4 is 57.3 Å². The summed E-state index contributed by atoms with van der Waals surface area (Å²) in [6, 6.07) is 7.52.